The molecule has 6 heteroatoms. The minimum atomic E-state index is -0.263. The Hall–Kier alpha value is -1.95. The molecule has 0 spiro atoms. The van der Waals surface area contributed by atoms with E-state index in [-0.39, 0.29) is 35.4 Å². The number of benzene rings is 1. The number of ether oxygens (including phenoxy) is 1. The minimum Gasteiger partial charge on any atom is -0.381 e. The third kappa shape index (κ3) is 4.61. The summed E-state index contributed by atoms with van der Waals surface area (Å²) in [6.45, 7) is 4.17. The SMILES string of the molecule is C[C@@H]1C[C@@H]1C(=O)NCCC(=O)NCC1(c2ccc(F)cc2)CCOCC1. The first-order valence-corrected chi connectivity index (χ1v) is 9.38. The van der Waals surface area contributed by atoms with Crippen LogP contribution in [0.25, 0.3) is 0 Å². The lowest BCUT2D eigenvalue weighted by Crippen LogP contribution is -2.45. The van der Waals surface area contributed by atoms with Crippen LogP contribution in [-0.2, 0) is 19.7 Å². The van der Waals surface area contributed by atoms with Gasteiger partial charge >= 0.3 is 0 Å². The third-order valence-corrected chi connectivity index (χ3v) is 5.63. The Kier molecular flexibility index (Phi) is 5.91. The fraction of sp³-hybridized carbons (Fsp3) is 0.600. The van der Waals surface area contributed by atoms with E-state index in [2.05, 4.69) is 17.6 Å². The molecule has 0 radical (unpaired) electrons. The number of carbonyl (C=O) groups is 2. The van der Waals surface area contributed by atoms with E-state index in [1.165, 1.54) is 12.1 Å². The molecular weight excluding hydrogens is 335 g/mol. The van der Waals surface area contributed by atoms with Gasteiger partial charge in [0.25, 0.3) is 0 Å². The van der Waals surface area contributed by atoms with E-state index in [1.807, 2.05) is 0 Å². The lowest BCUT2D eigenvalue weighted by atomic mass is 9.74. The Balaban J connectivity index is 1.50. The maximum atomic E-state index is 13.3. The van der Waals surface area contributed by atoms with Gasteiger partial charge in [0, 0.05) is 44.1 Å². The summed E-state index contributed by atoms with van der Waals surface area (Å²) in [5, 5.41) is 5.82. The number of carbonyl (C=O) groups excluding carboxylic acids is 2. The zero-order valence-electron chi connectivity index (χ0n) is 15.2. The van der Waals surface area contributed by atoms with Crippen molar-refractivity contribution in [2.45, 2.75) is 38.0 Å². The molecule has 2 fully saturated rings. The molecule has 1 saturated heterocycles. The topological polar surface area (TPSA) is 67.4 Å². The number of amides is 2. The van der Waals surface area contributed by atoms with Gasteiger partial charge in [0.1, 0.15) is 5.82 Å². The van der Waals surface area contributed by atoms with Gasteiger partial charge in [-0.2, -0.15) is 0 Å². The zero-order valence-corrected chi connectivity index (χ0v) is 15.2. The fourth-order valence-electron chi connectivity index (χ4n) is 3.61. The van der Waals surface area contributed by atoms with Gasteiger partial charge in [-0.15, -0.1) is 0 Å². The second-order valence-corrected chi connectivity index (χ2v) is 7.54. The molecule has 1 heterocycles. The van der Waals surface area contributed by atoms with Gasteiger partial charge in [-0.25, -0.2) is 4.39 Å². The lowest BCUT2D eigenvalue weighted by Gasteiger charge is -2.38. The molecule has 2 amide bonds. The molecule has 142 valence electrons. The van der Waals surface area contributed by atoms with Crippen LogP contribution in [0, 0.1) is 17.7 Å². The van der Waals surface area contributed by atoms with Gasteiger partial charge in [0.15, 0.2) is 0 Å². The van der Waals surface area contributed by atoms with Crippen LogP contribution in [-0.4, -0.2) is 38.1 Å². The third-order valence-electron chi connectivity index (χ3n) is 5.63. The van der Waals surface area contributed by atoms with Gasteiger partial charge in [0.2, 0.25) is 11.8 Å². The molecule has 1 aliphatic heterocycles. The Morgan fingerprint density at radius 3 is 2.46 bits per heavy atom. The molecule has 3 rings (SSSR count). The summed E-state index contributed by atoms with van der Waals surface area (Å²) >= 11 is 0. The summed E-state index contributed by atoms with van der Waals surface area (Å²) in [7, 11) is 0. The highest BCUT2D eigenvalue weighted by Gasteiger charge is 2.39. The highest BCUT2D eigenvalue weighted by molar-refractivity contribution is 5.82. The van der Waals surface area contributed by atoms with Crippen molar-refractivity contribution in [3.8, 4) is 0 Å². The van der Waals surface area contributed by atoms with E-state index in [9.17, 15) is 14.0 Å². The number of hydrogen-bond donors (Lipinski definition) is 2. The molecule has 2 N–H and O–H groups in total. The average Bonchev–Trinajstić information content (AvgIpc) is 3.38. The van der Waals surface area contributed by atoms with E-state index >= 15 is 0 Å². The molecule has 1 aromatic carbocycles. The van der Waals surface area contributed by atoms with Crippen molar-refractivity contribution >= 4 is 11.8 Å². The minimum absolute atomic E-state index is 0.0533. The number of hydrogen-bond acceptors (Lipinski definition) is 3. The van der Waals surface area contributed by atoms with E-state index in [4.69, 9.17) is 4.74 Å². The van der Waals surface area contributed by atoms with Gasteiger partial charge in [-0.3, -0.25) is 9.59 Å². The molecule has 1 saturated carbocycles. The molecule has 1 aliphatic carbocycles. The molecule has 0 aromatic heterocycles. The first kappa shape index (κ1) is 18.8. The first-order valence-electron chi connectivity index (χ1n) is 9.38. The monoisotopic (exact) mass is 362 g/mol. The van der Waals surface area contributed by atoms with Crippen LogP contribution in [0.3, 0.4) is 0 Å². The molecule has 5 nitrogen and oxygen atoms in total. The second-order valence-electron chi connectivity index (χ2n) is 7.54. The maximum absolute atomic E-state index is 13.3. The lowest BCUT2D eigenvalue weighted by molar-refractivity contribution is -0.123. The Morgan fingerprint density at radius 1 is 1.19 bits per heavy atom. The Bertz CT molecular complexity index is 641. The predicted octanol–water partition coefficient (Wildman–Crippen LogP) is 2.15. The summed E-state index contributed by atoms with van der Waals surface area (Å²) < 4.78 is 18.7. The van der Waals surface area contributed by atoms with Crippen LogP contribution < -0.4 is 10.6 Å². The van der Waals surface area contributed by atoms with Crippen LogP contribution in [0.4, 0.5) is 4.39 Å². The molecule has 0 unspecified atom stereocenters. The molecule has 2 aliphatic rings. The van der Waals surface area contributed by atoms with Gasteiger partial charge in [-0.05, 0) is 42.9 Å². The summed E-state index contributed by atoms with van der Waals surface area (Å²) in [6, 6.07) is 6.51. The van der Waals surface area contributed by atoms with Gasteiger partial charge in [0.05, 0.1) is 0 Å². The predicted molar refractivity (Wildman–Crippen MR) is 96.0 cm³/mol. The van der Waals surface area contributed by atoms with Crippen molar-refractivity contribution in [2.75, 3.05) is 26.3 Å². The largest absolute Gasteiger partial charge is 0.381 e. The van der Waals surface area contributed by atoms with Crippen LogP contribution in [0.1, 0.15) is 38.2 Å². The van der Waals surface area contributed by atoms with Gasteiger partial charge in [-0.1, -0.05) is 19.1 Å². The molecule has 0 bridgehead atoms. The van der Waals surface area contributed by atoms with Crippen molar-refractivity contribution in [2.24, 2.45) is 11.8 Å². The van der Waals surface area contributed by atoms with E-state index < -0.39 is 0 Å². The van der Waals surface area contributed by atoms with Crippen molar-refractivity contribution in [1.29, 1.82) is 0 Å². The van der Waals surface area contributed by atoms with Crippen molar-refractivity contribution in [1.82, 2.24) is 10.6 Å². The zero-order chi connectivity index (χ0) is 18.6. The highest BCUT2D eigenvalue weighted by atomic mass is 19.1. The van der Waals surface area contributed by atoms with Crippen LogP contribution >= 0.6 is 0 Å². The van der Waals surface area contributed by atoms with Crippen LogP contribution in [0.15, 0.2) is 24.3 Å². The molecule has 2 atom stereocenters. The van der Waals surface area contributed by atoms with Gasteiger partial charge < -0.3 is 15.4 Å². The smallest absolute Gasteiger partial charge is 0.223 e. The van der Waals surface area contributed by atoms with E-state index in [0.29, 0.717) is 32.2 Å². The molecule has 1 aromatic rings. The van der Waals surface area contributed by atoms with Crippen LogP contribution in [0.5, 0.6) is 0 Å². The van der Waals surface area contributed by atoms with E-state index in [1.54, 1.807) is 12.1 Å². The number of halogens is 1. The Morgan fingerprint density at radius 2 is 1.85 bits per heavy atom. The van der Waals surface area contributed by atoms with E-state index in [0.717, 1.165) is 24.8 Å². The summed E-state index contributed by atoms with van der Waals surface area (Å²) in [5.41, 5.74) is 0.799. The summed E-state index contributed by atoms with van der Waals surface area (Å²) in [5.74, 6) is 0.301. The summed E-state index contributed by atoms with van der Waals surface area (Å²) in [6.07, 6.45) is 2.79. The number of rotatable bonds is 7. The standard InChI is InChI=1S/C20H27FN2O3/c1-14-12-17(14)19(25)22-9-6-18(24)23-13-20(7-10-26-11-8-20)15-2-4-16(21)5-3-15/h2-5,14,17H,6-13H2,1H3,(H,22,25)(H,23,24)/t14-,17+/m1/s1. The highest BCUT2D eigenvalue weighted by Crippen LogP contribution is 2.37. The second kappa shape index (κ2) is 8.16. The molecule has 26 heavy (non-hydrogen) atoms. The maximum Gasteiger partial charge on any atom is 0.223 e. The van der Waals surface area contributed by atoms with Crippen molar-refractivity contribution < 1.29 is 18.7 Å². The average molecular weight is 362 g/mol. The fourth-order valence-corrected chi connectivity index (χ4v) is 3.61. The number of nitrogens with one attached hydrogen (secondary N) is 2. The Labute approximate surface area is 153 Å². The first-order chi connectivity index (χ1) is 12.5. The van der Waals surface area contributed by atoms with Crippen molar-refractivity contribution in [3.05, 3.63) is 35.6 Å². The quantitative estimate of drug-likeness (QED) is 0.781. The van der Waals surface area contributed by atoms with Crippen molar-refractivity contribution in [3.63, 3.8) is 0 Å². The van der Waals surface area contributed by atoms with Crippen LogP contribution in [0.2, 0.25) is 0 Å². The molecular formula is C20H27FN2O3. The summed E-state index contributed by atoms with van der Waals surface area (Å²) in [4.78, 5) is 24.0. The normalized spacial score (nSPS) is 23.9.